The van der Waals surface area contributed by atoms with Crippen LogP contribution in [0.4, 0.5) is 0 Å². The molecule has 0 fully saturated rings. The van der Waals surface area contributed by atoms with Gasteiger partial charge in [0.25, 0.3) is 5.91 Å². The van der Waals surface area contributed by atoms with Gasteiger partial charge in [0.2, 0.25) is 0 Å². The molecule has 0 aliphatic rings. The van der Waals surface area contributed by atoms with Gasteiger partial charge in [-0.3, -0.25) is 4.79 Å². The number of nitrogens with zero attached hydrogens (tertiary/aromatic N) is 2. The SMILES string of the molecule is COc1ccc(/C(C)=N\NC(=O)[C@@H](C)Sc2ccccn2)cc1OC. The third kappa shape index (κ3) is 5.22. The fraction of sp³-hybridized carbons (Fsp3) is 0.278. The van der Waals surface area contributed by atoms with Crippen LogP contribution in [0.1, 0.15) is 19.4 Å². The summed E-state index contributed by atoms with van der Waals surface area (Å²) in [6, 6.07) is 11.1. The summed E-state index contributed by atoms with van der Waals surface area (Å²) in [5, 5.41) is 4.66. The number of carbonyl (C=O) groups excluding carboxylic acids is 1. The third-order valence-corrected chi connectivity index (χ3v) is 4.49. The highest BCUT2D eigenvalue weighted by Crippen LogP contribution is 2.27. The lowest BCUT2D eigenvalue weighted by molar-refractivity contribution is -0.120. The summed E-state index contributed by atoms with van der Waals surface area (Å²) in [4.78, 5) is 16.4. The Morgan fingerprint density at radius 2 is 1.96 bits per heavy atom. The predicted molar refractivity (Wildman–Crippen MR) is 99.5 cm³/mol. The Balaban J connectivity index is 2.01. The number of carbonyl (C=O) groups is 1. The van der Waals surface area contributed by atoms with Crippen molar-refractivity contribution in [1.82, 2.24) is 10.4 Å². The predicted octanol–water partition coefficient (Wildman–Crippen LogP) is 3.12. The quantitative estimate of drug-likeness (QED) is 0.467. The molecule has 0 unspecified atom stereocenters. The first-order valence-electron chi connectivity index (χ1n) is 7.69. The van der Waals surface area contributed by atoms with E-state index >= 15 is 0 Å². The second-order valence-electron chi connectivity index (χ2n) is 5.17. The maximum atomic E-state index is 12.2. The number of thioether (sulfide) groups is 1. The molecule has 1 N–H and O–H groups in total. The lowest BCUT2D eigenvalue weighted by Crippen LogP contribution is -2.27. The fourth-order valence-corrected chi connectivity index (χ4v) is 2.81. The molecule has 1 amide bonds. The molecular weight excluding hydrogens is 338 g/mol. The van der Waals surface area contributed by atoms with E-state index in [2.05, 4.69) is 15.5 Å². The van der Waals surface area contributed by atoms with Gasteiger partial charge in [-0.25, -0.2) is 10.4 Å². The standard InChI is InChI=1S/C18H21N3O3S/c1-12(14-8-9-15(23-3)16(11-14)24-4)20-21-18(22)13(2)25-17-7-5-6-10-19-17/h5-11,13H,1-4H3,(H,21,22)/b20-12-/t13-/m1/s1. The molecule has 0 aliphatic carbocycles. The molecule has 0 saturated heterocycles. The van der Waals surface area contributed by atoms with Crippen molar-refractivity contribution in [3.05, 3.63) is 48.2 Å². The number of aromatic nitrogens is 1. The number of methoxy groups -OCH3 is 2. The van der Waals surface area contributed by atoms with E-state index in [-0.39, 0.29) is 11.2 Å². The molecule has 1 aromatic carbocycles. The van der Waals surface area contributed by atoms with Crippen molar-refractivity contribution < 1.29 is 14.3 Å². The van der Waals surface area contributed by atoms with E-state index in [1.54, 1.807) is 26.5 Å². The summed E-state index contributed by atoms with van der Waals surface area (Å²) in [7, 11) is 3.16. The van der Waals surface area contributed by atoms with Crippen LogP contribution < -0.4 is 14.9 Å². The molecule has 7 heteroatoms. The van der Waals surface area contributed by atoms with Crippen LogP contribution in [0.5, 0.6) is 11.5 Å². The summed E-state index contributed by atoms with van der Waals surface area (Å²) in [5.41, 5.74) is 4.10. The first-order valence-corrected chi connectivity index (χ1v) is 8.57. The van der Waals surface area contributed by atoms with Crippen molar-refractivity contribution in [2.45, 2.75) is 24.1 Å². The van der Waals surface area contributed by atoms with Crippen LogP contribution in [0.2, 0.25) is 0 Å². The molecular formula is C18H21N3O3S. The average Bonchev–Trinajstić information content (AvgIpc) is 2.65. The highest BCUT2D eigenvalue weighted by atomic mass is 32.2. The summed E-state index contributed by atoms with van der Waals surface area (Å²) >= 11 is 1.38. The Bertz CT molecular complexity index is 750. The number of hydrazone groups is 1. The topological polar surface area (TPSA) is 72.8 Å². The van der Waals surface area contributed by atoms with E-state index in [4.69, 9.17) is 9.47 Å². The first kappa shape index (κ1) is 18.8. The van der Waals surface area contributed by atoms with E-state index in [9.17, 15) is 4.79 Å². The van der Waals surface area contributed by atoms with Crippen LogP contribution in [0.15, 0.2) is 52.7 Å². The van der Waals surface area contributed by atoms with Crippen LogP contribution in [0.25, 0.3) is 0 Å². The van der Waals surface area contributed by atoms with Crippen LogP contribution in [0.3, 0.4) is 0 Å². The van der Waals surface area contributed by atoms with Crippen LogP contribution >= 0.6 is 11.8 Å². The number of benzene rings is 1. The van der Waals surface area contributed by atoms with E-state index in [0.29, 0.717) is 17.2 Å². The molecule has 1 heterocycles. The lowest BCUT2D eigenvalue weighted by atomic mass is 10.1. The summed E-state index contributed by atoms with van der Waals surface area (Å²) < 4.78 is 10.5. The number of pyridine rings is 1. The van der Waals surface area contributed by atoms with Gasteiger partial charge in [-0.15, -0.1) is 0 Å². The van der Waals surface area contributed by atoms with Crippen LogP contribution in [0, 0.1) is 0 Å². The van der Waals surface area contributed by atoms with Gasteiger partial charge in [0.15, 0.2) is 11.5 Å². The van der Waals surface area contributed by atoms with Crippen LogP contribution in [-0.2, 0) is 4.79 Å². The monoisotopic (exact) mass is 359 g/mol. The van der Waals surface area contributed by atoms with Crippen molar-refractivity contribution >= 4 is 23.4 Å². The van der Waals surface area contributed by atoms with Crippen molar-refractivity contribution in [2.24, 2.45) is 5.10 Å². The fourth-order valence-electron chi connectivity index (χ4n) is 2.01. The average molecular weight is 359 g/mol. The number of ether oxygens (including phenoxy) is 2. The molecule has 25 heavy (non-hydrogen) atoms. The first-order chi connectivity index (χ1) is 12.0. The zero-order valence-electron chi connectivity index (χ0n) is 14.6. The van der Waals surface area contributed by atoms with Gasteiger partial charge in [0.05, 0.1) is 30.2 Å². The number of hydrogen-bond acceptors (Lipinski definition) is 6. The minimum atomic E-state index is -0.308. The Morgan fingerprint density at radius 3 is 2.60 bits per heavy atom. The third-order valence-electron chi connectivity index (χ3n) is 3.44. The molecule has 1 aromatic heterocycles. The van der Waals surface area contributed by atoms with E-state index in [0.717, 1.165) is 10.6 Å². The van der Waals surface area contributed by atoms with Gasteiger partial charge in [0, 0.05) is 11.8 Å². The summed E-state index contributed by atoms with van der Waals surface area (Å²) in [6.45, 7) is 3.63. The molecule has 0 spiro atoms. The Kier molecular flexibility index (Phi) is 6.82. The minimum absolute atomic E-state index is 0.185. The highest BCUT2D eigenvalue weighted by Gasteiger charge is 2.14. The molecule has 0 bridgehead atoms. The number of nitrogens with one attached hydrogen (secondary N) is 1. The van der Waals surface area contributed by atoms with Gasteiger partial charge < -0.3 is 9.47 Å². The molecule has 2 rings (SSSR count). The van der Waals surface area contributed by atoms with Crippen molar-refractivity contribution in [3.63, 3.8) is 0 Å². The second-order valence-corrected chi connectivity index (χ2v) is 6.53. The summed E-state index contributed by atoms with van der Waals surface area (Å²) in [5.74, 6) is 1.07. The molecule has 0 aliphatic heterocycles. The maximum absolute atomic E-state index is 12.2. The van der Waals surface area contributed by atoms with Crippen molar-refractivity contribution in [1.29, 1.82) is 0 Å². The van der Waals surface area contributed by atoms with Gasteiger partial charge in [0.1, 0.15) is 0 Å². The molecule has 2 aromatic rings. The zero-order valence-corrected chi connectivity index (χ0v) is 15.5. The van der Waals surface area contributed by atoms with E-state index in [1.165, 1.54) is 11.8 Å². The largest absolute Gasteiger partial charge is 0.493 e. The Hall–Kier alpha value is -2.54. The van der Waals surface area contributed by atoms with Crippen molar-refractivity contribution in [2.75, 3.05) is 14.2 Å². The molecule has 0 radical (unpaired) electrons. The van der Waals surface area contributed by atoms with E-state index in [1.807, 2.05) is 44.2 Å². The maximum Gasteiger partial charge on any atom is 0.253 e. The lowest BCUT2D eigenvalue weighted by Gasteiger charge is -2.11. The van der Waals surface area contributed by atoms with Crippen LogP contribution in [-0.4, -0.2) is 36.1 Å². The smallest absolute Gasteiger partial charge is 0.253 e. The normalized spacial score (nSPS) is 12.4. The Labute approximate surface area is 151 Å². The minimum Gasteiger partial charge on any atom is -0.493 e. The second kappa shape index (κ2) is 9.08. The van der Waals surface area contributed by atoms with Gasteiger partial charge in [-0.1, -0.05) is 17.8 Å². The Morgan fingerprint density at radius 1 is 1.20 bits per heavy atom. The van der Waals surface area contributed by atoms with Gasteiger partial charge >= 0.3 is 0 Å². The molecule has 0 saturated carbocycles. The number of hydrogen-bond donors (Lipinski definition) is 1. The molecule has 6 nitrogen and oxygen atoms in total. The zero-order chi connectivity index (χ0) is 18.2. The molecule has 1 atom stereocenters. The van der Waals surface area contributed by atoms with Crippen molar-refractivity contribution in [3.8, 4) is 11.5 Å². The number of rotatable bonds is 7. The van der Waals surface area contributed by atoms with Gasteiger partial charge in [-0.05, 0) is 44.2 Å². The number of amides is 1. The van der Waals surface area contributed by atoms with E-state index < -0.39 is 0 Å². The highest BCUT2D eigenvalue weighted by molar-refractivity contribution is 8.00. The van der Waals surface area contributed by atoms with Gasteiger partial charge in [-0.2, -0.15) is 5.10 Å². The summed E-state index contributed by atoms with van der Waals surface area (Å²) in [6.07, 6.45) is 1.70. The molecule has 132 valence electrons.